The first kappa shape index (κ1) is 20.8. The molecule has 9 nitrogen and oxygen atoms in total. The number of rotatable bonds is 7. The van der Waals surface area contributed by atoms with E-state index < -0.39 is 0 Å². The molecule has 0 radical (unpaired) electrons. The molecule has 1 aliphatic rings. The van der Waals surface area contributed by atoms with Crippen LogP contribution in [0.25, 0.3) is 16.4 Å². The molecule has 0 bridgehead atoms. The Kier molecular flexibility index (Phi) is 5.57. The molecule has 0 saturated carbocycles. The molecule has 0 fully saturated rings. The van der Waals surface area contributed by atoms with Crippen LogP contribution in [0.5, 0.6) is 23.0 Å². The Morgan fingerprint density at radius 3 is 2.82 bits per heavy atom. The van der Waals surface area contributed by atoms with Crippen LogP contribution in [0.2, 0.25) is 0 Å². The van der Waals surface area contributed by atoms with Crippen molar-refractivity contribution >= 4 is 23.1 Å². The van der Waals surface area contributed by atoms with Gasteiger partial charge in [0.15, 0.2) is 29.6 Å². The number of nitrogens with one attached hydrogen (secondary N) is 1. The average Bonchev–Trinajstić information content (AvgIpc) is 3.57. The van der Waals surface area contributed by atoms with Crippen LogP contribution in [0.4, 0.5) is 5.82 Å². The number of aryl methyl sites for hydroxylation is 1. The standard InChI is InChI=1S/C23H20N4O5S/c1-14-9-21(25-22(28)11-30-18-6-4-3-5-17(18)29-2)27(26-14)23-24-16(12-33-23)15-7-8-19-20(10-15)32-13-31-19/h3-10,12H,11,13H2,1-2H3,(H,25,28). The van der Waals surface area contributed by atoms with Crippen LogP contribution in [0.1, 0.15) is 5.69 Å². The predicted octanol–water partition coefficient (Wildman–Crippen LogP) is 4.06. The molecule has 2 aromatic carbocycles. The minimum absolute atomic E-state index is 0.176. The number of carbonyl (C=O) groups excluding carboxylic acids is 1. The van der Waals surface area contributed by atoms with Gasteiger partial charge >= 0.3 is 0 Å². The monoisotopic (exact) mass is 464 g/mol. The van der Waals surface area contributed by atoms with Crippen LogP contribution in [0.3, 0.4) is 0 Å². The second-order valence-corrected chi connectivity index (χ2v) is 7.99. The molecule has 4 aromatic rings. The topological polar surface area (TPSA) is 96.7 Å². The second kappa shape index (κ2) is 8.83. The molecule has 5 rings (SSSR count). The highest BCUT2D eigenvalue weighted by molar-refractivity contribution is 7.12. The van der Waals surface area contributed by atoms with Crippen molar-refractivity contribution in [3.05, 3.63) is 59.6 Å². The van der Waals surface area contributed by atoms with Gasteiger partial charge in [-0.2, -0.15) is 9.78 Å². The van der Waals surface area contributed by atoms with E-state index in [-0.39, 0.29) is 19.3 Å². The zero-order valence-corrected chi connectivity index (χ0v) is 18.7. The Morgan fingerprint density at radius 2 is 1.97 bits per heavy atom. The average molecular weight is 465 g/mol. The number of benzene rings is 2. The highest BCUT2D eigenvalue weighted by atomic mass is 32.1. The zero-order chi connectivity index (χ0) is 22.8. The Balaban J connectivity index is 1.31. The SMILES string of the molecule is COc1ccccc1OCC(=O)Nc1cc(C)nn1-c1nc(-c2ccc3c(c2)OCO3)cs1. The first-order valence-electron chi connectivity index (χ1n) is 10.1. The van der Waals surface area contributed by atoms with Crippen molar-refractivity contribution in [3.8, 4) is 39.4 Å². The first-order valence-corrected chi connectivity index (χ1v) is 11.0. The molecule has 10 heteroatoms. The number of carbonyl (C=O) groups is 1. The van der Waals surface area contributed by atoms with Crippen LogP contribution < -0.4 is 24.3 Å². The largest absolute Gasteiger partial charge is 0.493 e. The number of thiazole rings is 1. The molecule has 168 valence electrons. The Morgan fingerprint density at radius 1 is 1.15 bits per heavy atom. The summed E-state index contributed by atoms with van der Waals surface area (Å²) in [5.41, 5.74) is 2.43. The molecule has 0 spiro atoms. The van der Waals surface area contributed by atoms with Gasteiger partial charge in [-0.15, -0.1) is 11.3 Å². The number of nitrogens with zero attached hydrogens (tertiary/aromatic N) is 3. The number of anilines is 1. The molecule has 33 heavy (non-hydrogen) atoms. The van der Waals surface area contributed by atoms with Crippen LogP contribution in [-0.4, -0.2) is 41.2 Å². The van der Waals surface area contributed by atoms with Gasteiger partial charge in [0.05, 0.1) is 18.5 Å². The molecule has 2 aromatic heterocycles. The quantitative estimate of drug-likeness (QED) is 0.441. The summed E-state index contributed by atoms with van der Waals surface area (Å²) in [4.78, 5) is 17.2. The number of methoxy groups -OCH3 is 1. The van der Waals surface area contributed by atoms with Crippen LogP contribution in [0.15, 0.2) is 53.9 Å². The molecular formula is C23H20N4O5S. The smallest absolute Gasteiger partial charge is 0.263 e. The summed E-state index contributed by atoms with van der Waals surface area (Å²) in [5, 5.41) is 9.89. The van der Waals surface area contributed by atoms with Crippen molar-refractivity contribution in [2.24, 2.45) is 0 Å². The molecule has 0 aliphatic carbocycles. The van der Waals surface area contributed by atoms with Gasteiger partial charge in [-0.25, -0.2) is 4.98 Å². The normalized spacial score (nSPS) is 11.9. The molecular weight excluding hydrogens is 444 g/mol. The minimum Gasteiger partial charge on any atom is -0.493 e. The van der Waals surface area contributed by atoms with E-state index in [9.17, 15) is 4.79 Å². The number of hydrogen-bond donors (Lipinski definition) is 1. The third-order valence-electron chi connectivity index (χ3n) is 4.87. The van der Waals surface area contributed by atoms with E-state index in [0.29, 0.717) is 28.2 Å². The summed E-state index contributed by atoms with van der Waals surface area (Å²) in [6.07, 6.45) is 0. The van der Waals surface area contributed by atoms with Gasteiger partial charge in [-0.3, -0.25) is 4.79 Å². The lowest BCUT2D eigenvalue weighted by Crippen LogP contribution is -2.22. The zero-order valence-electron chi connectivity index (χ0n) is 17.9. The van der Waals surface area contributed by atoms with E-state index in [1.807, 2.05) is 42.6 Å². The van der Waals surface area contributed by atoms with Crippen LogP contribution in [-0.2, 0) is 4.79 Å². The van der Waals surface area contributed by atoms with Crippen molar-refractivity contribution in [3.63, 3.8) is 0 Å². The Labute approximate surface area is 193 Å². The highest BCUT2D eigenvalue weighted by Crippen LogP contribution is 2.36. The van der Waals surface area contributed by atoms with Crippen molar-refractivity contribution < 1.29 is 23.7 Å². The summed E-state index contributed by atoms with van der Waals surface area (Å²) in [7, 11) is 1.55. The lowest BCUT2D eigenvalue weighted by molar-refractivity contribution is -0.118. The number of hydrogen-bond acceptors (Lipinski definition) is 8. The summed E-state index contributed by atoms with van der Waals surface area (Å²) in [6.45, 7) is 1.90. The molecule has 0 saturated heterocycles. The maximum atomic E-state index is 12.6. The Hall–Kier alpha value is -4.05. The first-order chi connectivity index (χ1) is 16.1. The minimum atomic E-state index is -0.324. The highest BCUT2D eigenvalue weighted by Gasteiger charge is 2.18. The van der Waals surface area contributed by atoms with E-state index in [1.165, 1.54) is 11.3 Å². The van der Waals surface area contributed by atoms with Gasteiger partial charge in [0.1, 0.15) is 5.82 Å². The molecule has 1 N–H and O–H groups in total. The lowest BCUT2D eigenvalue weighted by Gasteiger charge is -2.10. The number of fused-ring (bicyclic) bond motifs is 1. The van der Waals surface area contributed by atoms with Crippen molar-refractivity contribution in [1.29, 1.82) is 0 Å². The molecule has 3 heterocycles. The van der Waals surface area contributed by atoms with Gasteiger partial charge in [0.2, 0.25) is 11.9 Å². The van der Waals surface area contributed by atoms with Gasteiger partial charge in [0, 0.05) is 17.0 Å². The molecule has 1 aliphatic heterocycles. The predicted molar refractivity (Wildman–Crippen MR) is 123 cm³/mol. The number of aromatic nitrogens is 3. The third-order valence-corrected chi connectivity index (χ3v) is 5.68. The van der Waals surface area contributed by atoms with Crippen molar-refractivity contribution in [2.75, 3.05) is 25.8 Å². The van der Waals surface area contributed by atoms with Crippen molar-refractivity contribution in [2.45, 2.75) is 6.92 Å². The molecule has 1 amide bonds. The summed E-state index contributed by atoms with van der Waals surface area (Å²) < 4.78 is 23.3. The number of para-hydroxylation sites is 2. The molecule has 0 atom stereocenters. The van der Waals surface area contributed by atoms with Crippen LogP contribution >= 0.6 is 11.3 Å². The maximum absolute atomic E-state index is 12.6. The fourth-order valence-electron chi connectivity index (χ4n) is 3.34. The summed E-state index contributed by atoms with van der Waals surface area (Å²) in [5.74, 6) is 2.65. The van der Waals surface area contributed by atoms with Gasteiger partial charge in [-0.05, 0) is 37.3 Å². The fourth-order valence-corrected chi connectivity index (χ4v) is 4.14. The summed E-state index contributed by atoms with van der Waals surface area (Å²) in [6, 6.07) is 14.6. The van der Waals surface area contributed by atoms with E-state index in [1.54, 1.807) is 30.0 Å². The van der Waals surface area contributed by atoms with Crippen LogP contribution in [0, 0.1) is 6.92 Å². The lowest BCUT2D eigenvalue weighted by atomic mass is 10.1. The van der Waals surface area contributed by atoms with Crippen molar-refractivity contribution in [1.82, 2.24) is 14.8 Å². The third kappa shape index (κ3) is 4.33. The summed E-state index contributed by atoms with van der Waals surface area (Å²) >= 11 is 1.42. The number of ether oxygens (including phenoxy) is 4. The van der Waals surface area contributed by atoms with Gasteiger partial charge in [0.25, 0.3) is 5.91 Å². The van der Waals surface area contributed by atoms with E-state index in [4.69, 9.17) is 23.9 Å². The van der Waals surface area contributed by atoms with Gasteiger partial charge in [-0.1, -0.05) is 12.1 Å². The molecule has 0 unspecified atom stereocenters. The Bertz CT molecular complexity index is 1320. The van der Waals surface area contributed by atoms with E-state index in [2.05, 4.69) is 10.4 Å². The number of amides is 1. The van der Waals surface area contributed by atoms with Gasteiger partial charge < -0.3 is 24.3 Å². The second-order valence-electron chi connectivity index (χ2n) is 7.15. The maximum Gasteiger partial charge on any atom is 0.263 e. The fraction of sp³-hybridized carbons (Fsp3) is 0.174. The van der Waals surface area contributed by atoms with E-state index >= 15 is 0 Å². The van der Waals surface area contributed by atoms with E-state index in [0.717, 1.165) is 22.7 Å².